The summed E-state index contributed by atoms with van der Waals surface area (Å²) >= 11 is 0. The summed E-state index contributed by atoms with van der Waals surface area (Å²) in [6.07, 6.45) is -5.31. The van der Waals surface area contributed by atoms with Crippen LogP contribution in [0.1, 0.15) is 68.8 Å². The first-order valence-corrected chi connectivity index (χ1v) is 17.2. The number of aliphatic hydroxyl groups excluding tert-OH is 1. The van der Waals surface area contributed by atoms with Crippen molar-refractivity contribution in [2.45, 2.75) is 89.1 Å². The molecule has 1 aliphatic heterocycles. The van der Waals surface area contributed by atoms with Crippen LogP contribution in [0.5, 0.6) is 5.75 Å². The summed E-state index contributed by atoms with van der Waals surface area (Å²) in [5.74, 6) is -1.36. The number of anilines is 1. The third kappa shape index (κ3) is 11.4. The molecule has 0 fully saturated rings. The fraction of sp³-hybridized carbons (Fsp3) is 0.576. The number of carbonyl (C=O) groups excluding carboxylic acids is 2. The Morgan fingerprint density at radius 3 is 2.47 bits per heavy atom. The molecule has 0 aliphatic carbocycles. The van der Waals surface area contributed by atoms with Crippen LogP contribution in [0.25, 0.3) is 0 Å². The number of rotatable bonds is 9. The topological polar surface area (TPSA) is 125 Å². The van der Waals surface area contributed by atoms with Gasteiger partial charge in [0.2, 0.25) is 5.91 Å². The fourth-order valence-corrected chi connectivity index (χ4v) is 6.24. The number of benzene rings is 2. The first-order valence-electron chi connectivity index (χ1n) is 15.7. The van der Waals surface area contributed by atoms with E-state index < -0.39 is 58.9 Å². The van der Waals surface area contributed by atoms with Gasteiger partial charge in [0, 0.05) is 44.8 Å². The molecule has 2 amide bonds. The number of hydrogen-bond donors (Lipinski definition) is 2. The van der Waals surface area contributed by atoms with Crippen molar-refractivity contribution in [3.05, 3.63) is 53.6 Å². The Morgan fingerprint density at radius 2 is 1.83 bits per heavy atom. The molecular weight excluding hydrogens is 639 g/mol. The van der Waals surface area contributed by atoms with Gasteiger partial charge >= 0.3 is 6.18 Å². The number of sulfonamides is 1. The molecule has 1 heterocycles. The van der Waals surface area contributed by atoms with Crippen LogP contribution in [0, 0.1) is 12.8 Å². The highest BCUT2D eigenvalue weighted by Gasteiger charge is 2.32. The molecule has 262 valence electrons. The zero-order valence-electron chi connectivity index (χ0n) is 27.5. The molecule has 10 nitrogen and oxygen atoms in total. The van der Waals surface area contributed by atoms with Gasteiger partial charge in [-0.2, -0.15) is 13.2 Å². The van der Waals surface area contributed by atoms with Crippen LogP contribution in [-0.4, -0.2) is 92.9 Å². The Kier molecular flexibility index (Phi) is 13.5. The lowest BCUT2D eigenvalue weighted by Crippen LogP contribution is -2.48. The number of halogens is 3. The highest BCUT2D eigenvalue weighted by Crippen LogP contribution is 2.30. The van der Waals surface area contributed by atoms with Gasteiger partial charge in [-0.3, -0.25) is 14.3 Å². The molecule has 0 aromatic heterocycles. The SMILES string of the molecule is Cc1ccc(S(=O)(=O)Nc2ccc3c(c2)C(=O)N([C@H](C)CO)C[C@H](C)[C@@H](CN(C)C(=O)CCC(F)(F)F)OCCCC[C@H](C)O3)cc1. The predicted molar refractivity (Wildman–Crippen MR) is 172 cm³/mol. The van der Waals surface area contributed by atoms with Crippen LogP contribution in [0.2, 0.25) is 0 Å². The highest BCUT2D eigenvalue weighted by atomic mass is 32.2. The molecule has 1 aliphatic rings. The Morgan fingerprint density at radius 1 is 1.15 bits per heavy atom. The lowest BCUT2D eigenvalue weighted by atomic mass is 10.0. The number of nitrogens with zero attached hydrogens (tertiary/aromatic N) is 2. The van der Waals surface area contributed by atoms with Gasteiger partial charge in [-0.25, -0.2) is 8.42 Å². The summed E-state index contributed by atoms with van der Waals surface area (Å²) < 4.78 is 79.4. The van der Waals surface area contributed by atoms with Crippen molar-refractivity contribution in [3.63, 3.8) is 0 Å². The second kappa shape index (κ2) is 16.6. The number of alkyl halides is 3. The van der Waals surface area contributed by atoms with Gasteiger partial charge in [0.1, 0.15) is 5.75 Å². The normalized spacial score (nSPS) is 20.8. The van der Waals surface area contributed by atoms with Gasteiger partial charge in [0.05, 0.1) is 41.7 Å². The minimum atomic E-state index is -4.46. The largest absolute Gasteiger partial charge is 0.490 e. The number of likely N-dealkylation sites (N-methyl/N-ethyl adjacent to an activating group) is 1. The van der Waals surface area contributed by atoms with E-state index in [1.807, 2.05) is 13.8 Å². The van der Waals surface area contributed by atoms with Gasteiger partial charge < -0.3 is 24.4 Å². The second-order valence-electron chi connectivity index (χ2n) is 12.3. The first-order chi connectivity index (χ1) is 22.0. The minimum absolute atomic E-state index is 0.00837. The van der Waals surface area contributed by atoms with E-state index >= 15 is 0 Å². The van der Waals surface area contributed by atoms with E-state index in [9.17, 15) is 36.3 Å². The lowest BCUT2D eigenvalue weighted by molar-refractivity contribution is -0.149. The van der Waals surface area contributed by atoms with Crippen molar-refractivity contribution in [2.24, 2.45) is 5.92 Å². The van der Waals surface area contributed by atoms with Gasteiger partial charge in [0.15, 0.2) is 0 Å². The zero-order valence-corrected chi connectivity index (χ0v) is 28.4. The standard InChI is InChI=1S/C33H46F3N3O7S/c1-22-9-12-27(13-10-22)47(43,44)37-26-11-14-29-28(18-26)32(42)39(24(3)21-40)19-23(2)30(45-17-7-6-8-25(4)46-29)20-38(5)31(41)15-16-33(34,35)36/h9-14,18,23-25,30,37,40H,6-8,15-17,19-21H2,1-5H3/t23-,24+,25-,30+/m0/s1. The molecular formula is C33H46F3N3O7S. The summed E-state index contributed by atoms with van der Waals surface area (Å²) in [5, 5.41) is 10.1. The zero-order chi connectivity index (χ0) is 34.9. The first kappa shape index (κ1) is 38.1. The van der Waals surface area contributed by atoms with Gasteiger partial charge in [-0.15, -0.1) is 0 Å². The van der Waals surface area contributed by atoms with E-state index in [1.165, 1.54) is 41.1 Å². The summed E-state index contributed by atoms with van der Waals surface area (Å²) in [6.45, 7) is 7.18. The molecule has 2 aromatic carbocycles. The summed E-state index contributed by atoms with van der Waals surface area (Å²) in [6, 6.07) is 10.1. The summed E-state index contributed by atoms with van der Waals surface area (Å²) in [4.78, 5) is 29.5. The molecule has 2 aromatic rings. The lowest BCUT2D eigenvalue weighted by Gasteiger charge is -2.36. The monoisotopic (exact) mass is 685 g/mol. The van der Waals surface area contributed by atoms with Gasteiger partial charge in [-0.05, 0) is 70.4 Å². The fourth-order valence-electron chi connectivity index (χ4n) is 5.19. The number of aliphatic hydroxyl groups is 1. The maximum Gasteiger partial charge on any atom is 0.389 e. The molecule has 0 saturated carbocycles. The van der Waals surface area contributed by atoms with Crippen LogP contribution in [0.3, 0.4) is 0 Å². The molecule has 0 unspecified atom stereocenters. The molecule has 0 bridgehead atoms. The summed E-state index contributed by atoms with van der Waals surface area (Å²) in [5.41, 5.74) is 1.12. The van der Waals surface area contributed by atoms with E-state index in [0.29, 0.717) is 25.9 Å². The number of amides is 2. The van der Waals surface area contributed by atoms with Crippen molar-refractivity contribution in [2.75, 3.05) is 38.1 Å². The number of nitrogens with one attached hydrogen (secondary N) is 1. The molecule has 0 radical (unpaired) electrons. The molecule has 2 N–H and O–H groups in total. The van der Waals surface area contributed by atoms with E-state index in [1.54, 1.807) is 32.0 Å². The van der Waals surface area contributed by atoms with E-state index in [0.717, 1.165) is 5.56 Å². The number of hydrogen-bond acceptors (Lipinski definition) is 7. The van der Waals surface area contributed by atoms with Crippen LogP contribution in [0.4, 0.5) is 18.9 Å². The van der Waals surface area contributed by atoms with Gasteiger partial charge in [-0.1, -0.05) is 24.6 Å². The maximum absolute atomic E-state index is 14.2. The van der Waals surface area contributed by atoms with Crippen molar-refractivity contribution in [1.29, 1.82) is 0 Å². The van der Waals surface area contributed by atoms with Gasteiger partial charge in [0.25, 0.3) is 15.9 Å². The third-order valence-corrected chi connectivity index (χ3v) is 9.53. The van der Waals surface area contributed by atoms with E-state index in [2.05, 4.69) is 4.72 Å². The molecule has 4 atom stereocenters. The smallest absolute Gasteiger partial charge is 0.389 e. The van der Waals surface area contributed by atoms with Crippen LogP contribution in [-0.2, 0) is 19.6 Å². The Labute approximate surface area is 275 Å². The highest BCUT2D eigenvalue weighted by molar-refractivity contribution is 7.92. The van der Waals surface area contributed by atoms with Crippen molar-refractivity contribution >= 4 is 27.5 Å². The Hall–Kier alpha value is -3.36. The summed E-state index contributed by atoms with van der Waals surface area (Å²) in [7, 11) is -2.56. The van der Waals surface area contributed by atoms with E-state index in [-0.39, 0.29) is 47.7 Å². The van der Waals surface area contributed by atoms with Crippen LogP contribution < -0.4 is 9.46 Å². The Balaban J connectivity index is 1.95. The molecule has 0 spiro atoms. The number of ether oxygens (including phenoxy) is 2. The van der Waals surface area contributed by atoms with Crippen molar-refractivity contribution in [3.8, 4) is 5.75 Å². The molecule has 3 rings (SSSR count). The minimum Gasteiger partial charge on any atom is -0.490 e. The number of aryl methyl sites for hydroxylation is 1. The van der Waals surface area contributed by atoms with Crippen LogP contribution >= 0.6 is 0 Å². The molecule has 0 saturated heterocycles. The van der Waals surface area contributed by atoms with Crippen molar-refractivity contribution < 1.29 is 45.8 Å². The quantitative estimate of drug-likeness (QED) is 0.363. The molecule has 14 heteroatoms. The Bertz CT molecular complexity index is 1450. The predicted octanol–water partition coefficient (Wildman–Crippen LogP) is 5.39. The maximum atomic E-state index is 14.2. The van der Waals surface area contributed by atoms with Crippen molar-refractivity contribution in [1.82, 2.24) is 9.80 Å². The third-order valence-electron chi connectivity index (χ3n) is 8.14. The molecule has 47 heavy (non-hydrogen) atoms. The average Bonchev–Trinajstić information content (AvgIpc) is 3.00. The number of carbonyl (C=O) groups is 2. The van der Waals surface area contributed by atoms with Crippen LogP contribution in [0.15, 0.2) is 47.4 Å². The number of fused-ring (bicyclic) bond motifs is 1. The second-order valence-corrected chi connectivity index (χ2v) is 14.0. The average molecular weight is 686 g/mol. The van der Waals surface area contributed by atoms with E-state index in [4.69, 9.17) is 9.47 Å².